The van der Waals surface area contributed by atoms with Crippen LogP contribution < -0.4 is 0 Å². The van der Waals surface area contributed by atoms with Gasteiger partial charge in [0.2, 0.25) is 0 Å². The zero-order valence-corrected chi connectivity index (χ0v) is 53.9. The SMILES string of the molecule is CC/C=C\C/C=C\C/C=C\C/C=C\C/C=C\CCCCCCCCCCCC(=O)OCC(COC(=O)C/C=C\C/C=C\C/C=C\C/C=C\C/C=C\CC)OC(=O)CCCCCCCCCCCCCCC/C=C\C/C=C\CCCCCCC. The van der Waals surface area contributed by atoms with Gasteiger partial charge in [-0.3, -0.25) is 14.4 Å². The van der Waals surface area contributed by atoms with Crippen LogP contribution in [-0.2, 0) is 28.6 Å². The van der Waals surface area contributed by atoms with Crippen molar-refractivity contribution in [3.05, 3.63) is 146 Å². The second-order valence-corrected chi connectivity index (χ2v) is 22.3. The van der Waals surface area contributed by atoms with Gasteiger partial charge in [-0.2, -0.15) is 0 Å². The van der Waals surface area contributed by atoms with E-state index in [9.17, 15) is 14.4 Å². The minimum absolute atomic E-state index is 0.115. The van der Waals surface area contributed by atoms with Gasteiger partial charge in [-0.1, -0.05) is 308 Å². The number of hydrogen-bond donors (Lipinski definition) is 0. The number of carbonyl (C=O) groups excluding carboxylic acids is 3. The molecule has 0 radical (unpaired) electrons. The van der Waals surface area contributed by atoms with Crippen LogP contribution in [0.25, 0.3) is 0 Å². The number of ether oxygens (including phenoxy) is 3. The number of allylic oxidation sites excluding steroid dienone is 23. The molecule has 0 bridgehead atoms. The van der Waals surface area contributed by atoms with Crippen LogP contribution in [0.4, 0.5) is 0 Å². The number of esters is 3. The first kappa shape index (κ1) is 78.3. The molecular weight excluding hydrogens is 1020 g/mol. The third-order valence-corrected chi connectivity index (χ3v) is 14.3. The maximum atomic E-state index is 13.0. The van der Waals surface area contributed by atoms with Crippen LogP contribution in [0.1, 0.15) is 303 Å². The van der Waals surface area contributed by atoms with Gasteiger partial charge < -0.3 is 14.2 Å². The van der Waals surface area contributed by atoms with Crippen molar-refractivity contribution in [1.29, 1.82) is 0 Å². The van der Waals surface area contributed by atoms with E-state index in [1.807, 2.05) is 6.08 Å². The van der Waals surface area contributed by atoms with Crippen LogP contribution in [0.2, 0.25) is 0 Å². The molecule has 0 rings (SSSR count). The topological polar surface area (TPSA) is 78.9 Å². The zero-order chi connectivity index (χ0) is 59.9. The summed E-state index contributed by atoms with van der Waals surface area (Å²) < 4.78 is 16.9. The molecule has 83 heavy (non-hydrogen) atoms. The van der Waals surface area contributed by atoms with Crippen molar-refractivity contribution in [2.45, 2.75) is 309 Å². The van der Waals surface area contributed by atoms with E-state index in [0.29, 0.717) is 12.8 Å². The van der Waals surface area contributed by atoms with Gasteiger partial charge in [-0.05, 0) is 122 Å². The van der Waals surface area contributed by atoms with E-state index in [-0.39, 0.29) is 31.6 Å². The number of hydrogen-bond acceptors (Lipinski definition) is 6. The maximum Gasteiger partial charge on any atom is 0.309 e. The van der Waals surface area contributed by atoms with Crippen LogP contribution in [0.3, 0.4) is 0 Å². The van der Waals surface area contributed by atoms with Gasteiger partial charge in [0.15, 0.2) is 6.10 Å². The Morgan fingerprint density at radius 2 is 0.518 bits per heavy atom. The zero-order valence-electron chi connectivity index (χ0n) is 53.9. The molecule has 0 aromatic heterocycles. The Morgan fingerprint density at radius 1 is 0.265 bits per heavy atom. The molecular formula is C77H126O6. The second kappa shape index (κ2) is 69.8. The van der Waals surface area contributed by atoms with Gasteiger partial charge >= 0.3 is 17.9 Å². The maximum absolute atomic E-state index is 13.0. The highest BCUT2D eigenvalue weighted by Gasteiger charge is 2.19. The molecule has 0 saturated heterocycles. The minimum atomic E-state index is -0.829. The Bertz CT molecular complexity index is 1800. The molecule has 0 aliphatic heterocycles. The first-order valence-corrected chi connectivity index (χ1v) is 34.3. The quantitative estimate of drug-likeness (QED) is 0.0261. The van der Waals surface area contributed by atoms with Crippen molar-refractivity contribution in [1.82, 2.24) is 0 Å². The number of unbranched alkanes of at least 4 members (excludes halogenated alkanes) is 27. The van der Waals surface area contributed by atoms with E-state index in [1.54, 1.807) is 6.08 Å². The third-order valence-electron chi connectivity index (χ3n) is 14.3. The van der Waals surface area contributed by atoms with E-state index in [4.69, 9.17) is 14.2 Å². The Balaban J connectivity index is 4.42. The monoisotopic (exact) mass is 1150 g/mol. The molecule has 0 amide bonds. The fraction of sp³-hybridized carbons (Fsp3) is 0.649. The van der Waals surface area contributed by atoms with Gasteiger partial charge in [-0.25, -0.2) is 0 Å². The van der Waals surface area contributed by atoms with E-state index in [1.165, 1.54) is 148 Å². The Hall–Kier alpha value is -4.71. The first-order valence-electron chi connectivity index (χ1n) is 34.3. The van der Waals surface area contributed by atoms with E-state index >= 15 is 0 Å². The lowest BCUT2D eigenvalue weighted by Gasteiger charge is -2.18. The van der Waals surface area contributed by atoms with Gasteiger partial charge in [0.05, 0.1) is 6.42 Å². The van der Waals surface area contributed by atoms with Crippen LogP contribution in [0.15, 0.2) is 146 Å². The summed E-state index contributed by atoms with van der Waals surface area (Å²) in [5, 5.41) is 0. The van der Waals surface area contributed by atoms with Crippen molar-refractivity contribution < 1.29 is 28.6 Å². The van der Waals surface area contributed by atoms with Crippen molar-refractivity contribution >= 4 is 17.9 Å². The Kier molecular flexibility index (Phi) is 65.8. The van der Waals surface area contributed by atoms with E-state index in [2.05, 4.69) is 154 Å². The summed E-state index contributed by atoms with van der Waals surface area (Å²) in [6.45, 7) is 6.33. The largest absolute Gasteiger partial charge is 0.462 e. The molecule has 0 aliphatic rings. The summed E-state index contributed by atoms with van der Waals surface area (Å²) in [7, 11) is 0. The first-order chi connectivity index (χ1) is 41.0. The molecule has 6 heteroatoms. The molecule has 0 heterocycles. The van der Waals surface area contributed by atoms with Crippen molar-refractivity contribution in [2.75, 3.05) is 13.2 Å². The summed E-state index contributed by atoms with van der Waals surface area (Å²) in [6.07, 6.45) is 100. The predicted octanol–water partition coefficient (Wildman–Crippen LogP) is 23.9. The third kappa shape index (κ3) is 68.0. The lowest BCUT2D eigenvalue weighted by atomic mass is 10.0. The average molecular weight is 1150 g/mol. The Labute approximate surface area is 512 Å². The summed E-state index contributed by atoms with van der Waals surface area (Å²) in [5.74, 6) is -1.05. The lowest BCUT2D eigenvalue weighted by Crippen LogP contribution is -2.30. The van der Waals surface area contributed by atoms with Crippen LogP contribution >= 0.6 is 0 Å². The molecule has 0 aromatic carbocycles. The van der Waals surface area contributed by atoms with Gasteiger partial charge in [0.1, 0.15) is 13.2 Å². The molecule has 6 nitrogen and oxygen atoms in total. The summed E-state index contributed by atoms with van der Waals surface area (Å²) in [4.78, 5) is 38.4. The highest BCUT2D eigenvalue weighted by Crippen LogP contribution is 2.16. The molecule has 0 saturated carbocycles. The summed E-state index contributed by atoms with van der Waals surface area (Å²) in [5.41, 5.74) is 0. The summed E-state index contributed by atoms with van der Waals surface area (Å²) >= 11 is 0. The fourth-order valence-electron chi connectivity index (χ4n) is 9.28. The molecule has 470 valence electrons. The predicted molar refractivity (Wildman–Crippen MR) is 362 cm³/mol. The lowest BCUT2D eigenvalue weighted by molar-refractivity contribution is -0.166. The highest BCUT2D eigenvalue weighted by molar-refractivity contribution is 5.72. The van der Waals surface area contributed by atoms with Crippen molar-refractivity contribution in [3.8, 4) is 0 Å². The summed E-state index contributed by atoms with van der Waals surface area (Å²) in [6, 6.07) is 0. The highest BCUT2D eigenvalue weighted by atomic mass is 16.6. The Morgan fingerprint density at radius 3 is 0.843 bits per heavy atom. The molecule has 0 aliphatic carbocycles. The standard InChI is InChI=1S/C77H126O6/c1-4-7-10-13-16-19-22-25-28-30-32-34-36-38-40-42-44-46-49-52-55-58-61-64-67-70-76(79)82-73-74(72-81-75(78)69-66-63-60-57-54-51-48-27-24-21-18-15-12-9-6-3)83-77(80)71-68-65-62-59-56-53-50-47-45-43-41-39-37-35-33-31-29-26-23-20-17-14-11-8-5-2/h7,9-10,12,16,18-19,21,23,25-28,31-34,38,40,48,54,57,63,66,74H,4-6,8,11,13-15,17,20,22,24,29-30,35-37,39,41-47,49-53,55-56,58-62,64-65,67-73H2,1-3H3/b10-7-,12-9-,19-16-,21-18-,26-23-,28-25-,33-31-,34-32-,40-38-,48-27-,57-54-,66-63-. The second-order valence-electron chi connectivity index (χ2n) is 22.3. The normalized spacial score (nSPS) is 13.0. The van der Waals surface area contributed by atoms with Gasteiger partial charge in [0.25, 0.3) is 0 Å². The average Bonchev–Trinajstić information content (AvgIpc) is 3.49. The van der Waals surface area contributed by atoms with Crippen LogP contribution in [0, 0.1) is 0 Å². The van der Waals surface area contributed by atoms with Gasteiger partial charge in [0, 0.05) is 12.8 Å². The molecule has 1 atom stereocenters. The molecule has 0 aromatic rings. The van der Waals surface area contributed by atoms with E-state index < -0.39 is 12.1 Å². The van der Waals surface area contributed by atoms with Gasteiger partial charge in [-0.15, -0.1) is 0 Å². The van der Waals surface area contributed by atoms with Crippen LogP contribution in [-0.4, -0.2) is 37.2 Å². The molecule has 0 N–H and O–H groups in total. The minimum Gasteiger partial charge on any atom is -0.462 e. The molecule has 0 spiro atoms. The van der Waals surface area contributed by atoms with Crippen molar-refractivity contribution in [3.63, 3.8) is 0 Å². The fourth-order valence-corrected chi connectivity index (χ4v) is 9.28. The molecule has 0 fully saturated rings. The van der Waals surface area contributed by atoms with Crippen molar-refractivity contribution in [2.24, 2.45) is 0 Å². The van der Waals surface area contributed by atoms with Crippen LogP contribution in [0.5, 0.6) is 0 Å². The number of rotatable bonds is 61. The molecule has 1 unspecified atom stereocenters. The number of carbonyl (C=O) groups is 3. The van der Waals surface area contributed by atoms with E-state index in [0.717, 1.165) is 116 Å². The smallest absolute Gasteiger partial charge is 0.309 e.